The summed E-state index contributed by atoms with van der Waals surface area (Å²) < 4.78 is 82.1. The molecule has 1 aliphatic heterocycles. The molecule has 1 saturated heterocycles. The number of nitrogens with one attached hydrogen (secondary N) is 1. The summed E-state index contributed by atoms with van der Waals surface area (Å²) in [7, 11) is 1.60. The van der Waals surface area contributed by atoms with Crippen molar-refractivity contribution in [1.29, 1.82) is 0 Å². The van der Waals surface area contributed by atoms with Crippen molar-refractivity contribution < 1.29 is 60.7 Å². The van der Waals surface area contributed by atoms with Crippen molar-refractivity contribution in [2.24, 2.45) is 0 Å². The Morgan fingerprint density at radius 3 is 2.12 bits per heavy atom. The normalized spacial score (nSPS) is 14.8. The molecular weight excluding hydrogens is 645 g/mol. The van der Waals surface area contributed by atoms with Crippen LogP contribution in [0.15, 0.2) is 53.3 Å². The van der Waals surface area contributed by atoms with E-state index >= 15 is 0 Å². The number of carbonyl (C=O) groups excluding carboxylic acids is 2. The number of hydrogen-bond acceptors (Lipinski definition) is 11. The van der Waals surface area contributed by atoms with Crippen molar-refractivity contribution >= 4 is 28.7 Å². The van der Waals surface area contributed by atoms with Gasteiger partial charge in [-0.2, -0.15) is 13.2 Å². The molecule has 0 bridgehead atoms. The van der Waals surface area contributed by atoms with E-state index in [-0.39, 0.29) is 43.0 Å². The molecule has 16 heteroatoms. The Balaban J connectivity index is 1.15. The van der Waals surface area contributed by atoms with Gasteiger partial charge in [0, 0.05) is 29.4 Å². The number of halogens is 3. The Bertz CT molecular complexity index is 1550. The van der Waals surface area contributed by atoms with Crippen LogP contribution in [0.25, 0.3) is 22.0 Å². The zero-order valence-corrected chi connectivity index (χ0v) is 26.3. The van der Waals surface area contributed by atoms with Crippen molar-refractivity contribution in [3.63, 3.8) is 0 Å². The summed E-state index contributed by atoms with van der Waals surface area (Å²) in [5.41, 5.74) is -1.34. The quantitative estimate of drug-likeness (QED) is 0.142. The molecule has 2 aromatic carbocycles. The minimum atomic E-state index is -4.61. The second-order valence-electron chi connectivity index (χ2n) is 10.3. The maximum atomic E-state index is 13.5. The third-order valence-corrected chi connectivity index (χ3v) is 6.92. The zero-order valence-electron chi connectivity index (χ0n) is 26.3. The molecule has 1 amide bonds. The standard InChI is InChI=1S/C32H37F3N2O11/c1-41-8-9-42-10-11-43-12-13-44-14-15-45-16-17-46-31(40)47-21-24-20-37(30(39)48-24)23-7-6-22-18-28(36-29(38)26(22)19-23)25-4-2-3-5-27(25)32(33,34)35/h2-7,18-19,24H,8-17,20-21H2,1H3,(H,36,38)/t24-/m0/s1. The van der Waals surface area contributed by atoms with Crippen LogP contribution in [-0.2, 0) is 44.1 Å². The van der Waals surface area contributed by atoms with Gasteiger partial charge in [0.25, 0.3) is 5.56 Å². The lowest BCUT2D eigenvalue weighted by Crippen LogP contribution is -2.27. The maximum Gasteiger partial charge on any atom is 0.508 e. The number of nitrogens with zero attached hydrogens (tertiary/aromatic N) is 1. The number of anilines is 1. The lowest BCUT2D eigenvalue weighted by atomic mass is 10.0. The number of fused-ring (bicyclic) bond motifs is 1. The predicted molar refractivity (Wildman–Crippen MR) is 165 cm³/mol. The zero-order chi connectivity index (χ0) is 34.4. The maximum absolute atomic E-state index is 13.5. The SMILES string of the molecule is COCCOCCOCCOCCOCCOC(=O)OC[C@@H]1CN(c2ccc3cc(-c4ccccc4C(F)(F)F)[nH]c(=O)c3c2)C(=O)O1. The van der Waals surface area contributed by atoms with E-state index in [0.717, 1.165) is 6.07 Å². The van der Waals surface area contributed by atoms with E-state index in [1.807, 2.05) is 0 Å². The Morgan fingerprint density at radius 1 is 0.854 bits per heavy atom. The first-order valence-corrected chi connectivity index (χ1v) is 15.1. The number of amides is 1. The van der Waals surface area contributed by atoms with Crippen molar-refractivity contribution in [2.45, 2.75) is 12.3 Å². The first kappa shape index (κ1) is 36.6. The number of methoxy groups -OCH3 is 1. The molecular formula is C32H37F3N2O11. The average Bonchev–Trinajstić information content (AvgIpc) is 3.45. The summed E-state index contributed by atoms with van der Waals surface area (Å²) in [6.45, 7) is 3.26. The summed E-state index contributed by atoms with van der Waals surface area (Å²) >= 11 is 0. The van der Waals surface area contributed by atoms with E-state index in [1.165, 1.54) is 41.3 Å². The lowest BCUT2D eigenvalue weighted by molar-refractivity contribution is -0.137. The van der Waals surface area contributed by atoms with Crippen LogP contribution in [0.2, 0.25) is 0 Å². The number of aromatic amines is 1. The molecule has 1 N–H and O–H groups in total. The van der Waals surface area contributed by atoms with Gasteiger partial charge in [-0.15, -0.1) is 0 Å². The fourth-order valence-corrected chi connectivity index (χ4v) is 4.64. The lowest BCUT2D eigenvalue weighted by Gasteiger charge is -2.15. The highest BCUT2D eigenvalue weighted by Crippen LogP contribution is 2.36. The molecule has 1 aromatic heterocycles. The number of H-pyrrole nitrogens is 1. The van der Waals surface area contributed by atoms with Gasteiger partial charge in [0.1, 0.15) is 13.2 Å². The van der Waals surface area contributed by atoms with Crippen molar-refractivity contribution in [1.82, 2.24) is 4.98 Å². The molecule has 1 fully saturated rings. The Kier molecular flexibility index (Phi) is 14.0. The molecule has 0 saturated carbocycles. The molecule has 1 atom stereocenters. The number of alkyl halides is 3. The number of benzene rings is 2. The van der Waals surface area contributed by atoms with Crippen LogP contribution >= 0.6 is 0 Å². The van der Waals surface area contributed by atoms with E-state index in [9.17, 15) is 27.6 Å². The third kappa shape index (κ3) is 10.9. The van der Waals surface area contributed by atoms with Gasteiger partial charge in [-0.3, -0.25) is 9.69 Å². The van der Waals surface area contributed by atoms with Gasteiger partial charge < -0.3 is 42.9 Å². The van der Waals surface area contributed by atoms with Gasteiger partial charge in [0.2, 0.25) is 0 Å². The Morgan fingerprint density at radius 2 is 1.48 bits per heavy atom. The molecule has 13 nitrogen and oxygen atoms in total. The summed E-state index contributed by atoms with van der Waals surface area (Å²) in [5.74, 6) is 0. The molecule has 0 aliphatic carbocycles. The van der Waals surface area contributed by atoms with E-state index in [2.05, 4.69) is 4.98 Å². The molecule has 3 aromatic rings. The highest BCUT2D eigenvalue weighted by atomic mass is 19.4. The Hall–Kier alpha value is -4.22. The number of carbonyl (C=O) groups is 2. The van der Waals surface area contributed by atoms with E-state index in [0.29, 0.717) is 63.9 Å². The van der Waals surface area contributed by atoms with Crippen molar-refractivity contribution in [3.05, 3.63) is 64.4 Å². The predicted octanol–water partition coefficient (Wildman–Crippen LogP) is 4.41. The van der Waals surface area contributed by atoms with Gasteiger partial charge in [0.05, 0.1) is 71.6 Å². The van der Waals surface area contributed by atoms with E-state index in [4.69, 9.17) is 37.9 Å². The monoisotopic (exact) mass is 682 g/mol. The average molecular weight is 683 g/mol. The van der Waals surface area contributed by atoms with Gasteiger partial charge in [0.15, 0.2) is 6.10 Å². The van der Waals surface area contributed by atoms with Crippen LogP contribution in [0.3, 0.4) is 0 Å². The van der Waals surface area contributed by atoms with Crippen molar-refractivity contribution in [3.8, 4) is 11.3 Å². The van der Waals surface area contributed by atoms with Gasteiger partial charge in [-0.25, -0.2) is 9.59 Å². The summed E-state index contributed by atoms with van der Waals surface area (Å²) in [6, 6.07) is 10.9. The summed E-state index contributed by atoms with van der Waals surface area (Å²) in [4.78, 5) is 41.2. The largest absolute Gasteiger partial charge is 0.508 e. The van der Waals surface area contributed by atoms with E-state index < -0.39 is 35.7 Å². The first-order valence-electron chi connectivity index (χ1n) is 15.1. The summed E-state index contributed by atoms with van der Waals surface area (Å²) in [5, 5.41) is 0.539. The van der Waals surface area contributed by atoms with Crippen molar-refractivity contribution in [2.75, 3.05) is 91.2 Å². The molecule has 0 spiro atoms. The second kappa shape index (κ2) is 18.4. The van der Waals surface area contributed by atoms with Crippen LogP contribution in [0.5, 0.6) is 0 Å². The number of cyclic esters (lactones) is 1. The number of aromatic nitrogens is 1. The second-order valence-corrected chi connectivity index (χ2v) is 10.3. The summed E-state index contributed by atoms with van der Waals surface area (Å²) in [6.07, 6.45) is -7.10. The van der Waals surface area contributed by atoms with Crippen LogP contribution in [-0.4, -0.2) is 110 Å². The van der Waals surface area contributed by atoms with Gasteiger partial charge in [-0.1, -0.05) is 24.3 Å². The molecule has 0 radical (unpaired) electrons. The van der Waals surface area contributed by atoms with Gasteiger partial charge in [-0.05, 0) is 29.7 Å². The molecule has 4 rings (SSSR count). The molecule has 48 heavy (non-hydrogen) atoms. The number of pyridine rings is 1. The smallest absolute Gasteiger partial charge is 0.440 e. The van der Waals surface area contributed by atoms with Gasteiger partial charge >= 0.3 is 18.4 Å². The number of hydrogen-bond donors (Lipinski definition) is 1. The van der Waals surface area contributed by atoms with E-state index in [1.54, 1.807) is 13.2 Å². The topological polar surface area (TPSA) is 144 Å². The molecule has 0 unspecified atom stereocenters. The number of ether oxygens (including phenoxy) is 8. The first-order chi connectivity index (χ1) is 23.2. The molecule has 2 heterocycles. The van der Waals surface area contributed by atoms with Crippen LogP contribution < -0.4 is 10.5 Å². The minimum Gasteiger partial charge on any atom is -0.440 e. The van der Waals surface area contributed by atoms with Crippen LogP contribution in [0, 0.1) is 0 Å². The fraction of sp³-hybridized carbons (Fsp3) is 0.469. The highest BCUT2D eigenvalue weighted by Gasteiger charge is 2.35. The molecule has 1 aliphatic rings. The Labute approximate surface area is 273 Å². The molecule has 262 valence electrons. The third-order valence-electron chi connectivity index (χ3n) is 6.92. The fourth-order valence-electron chi connectivity index (χ4n) is 4.64. The van der Waals surface area contributed by atoms with Crippen LogP contribution in [0.4, 0.5) is 28.4 Å². The van der Waals surface area contributed by atoms with Crippen LogP contribution in [0.1, 0.15) is 5.56 Å². The number of rotatable bonds is 19. The highest BCUT2D eigenvalue weighted by molar-refractivity contribution is 5.94. The minimum absolute atomic E-state index is 0.00658.